The number of nitrogens with zero attached hydrogens (tertiary/aromatic N) is 2. The van der Waals surface area contributed by atoms with Crippen molar-refractivity contribution in [2.24, 2.45) is 0 Å². The van der Waals surface area contributed by atoms with E-state index >= 15 is 0 Å². The van der Waals surface area contributed by atoms with Gasteiger partial charge in [-0.15, -0.1) is 0 Å². The number of rotatable bonds is 9. The zero-order valence-corrected chi connectivity index (χ0v) is 26.7. The maximum absolute atomic E-state index is 14.3. The molecule has 48 heavy (non-hydrogen) atoms. The van der Waals surface area contributed by atoms with E-state index < -0.39 is 30.3 Å². The molecule has 2 heterocycles. The topological polar surface area (TPSA) is 107 Å². The fourth-order valence-electron chi connectivity index (χ4n) is 5.62. The molecule has 0 atom stereocenters. The van der Waals surface area contributed by atoms with Gasteiger partial charge in [0.25, 0.3) is 5.91 Å². The van der Waals surface area contributed by atoms with Gasteiger partial charge in [-0.2, -0.15) is 0 Å². The van der Waals surface area contributed by atoms with E-state index in [-0.39, 0.29) is 41.9 Å². The normalized spacial score (nSPS) is 12.6. The summed E-state index contributed by atoms with van der Waals surface area (Å²) in [6.07, 6.45) is 0.0614. The molecule has 0 aliphatic carbocycles. The lowest BCUT2D eigenvalue weighted by Crippen LogP contribution is -2.36. The van der Waals surface area contributed by atoms with Crippen LogP contribution in [-0.4, -0.2) is 40.0 Å². The number of hydrogen-bond donors (Lipinski definition) is 1. The molecule has 0 saturated heterocycles. The summed E-state index contributed by atoms with van der Waals surface area (Å²) < 4.78 is 31.7. The standard InChI is InChI=1S/C38H34FN3O6/c1-38(2,3)48-30(43)21-41-37(45)47-34-28-15-10-20-40-32(28)35(46-33(25-11-6-4-7-12-25)26-13-8-5-9-14-26)31-29(34)23-42(36(31)44)22-24-16-18-27(39)19-17-24/h4-20,33H,21-23H2,1-3H3,(H,41,45). The summed E-state index contributed by atoms with van der Waals surface area (Å²) in [5.74, 6) is -1.02. The Morgan fingerprint density at radius 1 is 0.896 bits per heavy atom. The number of amides is 2. The molecule has 0 fully saturated rings. The van der Waals surface area contributed by atoms with Crippen molar-refractivity contribution in [3.63, 3.8) is 0 Å². The number of esters is 1. The van der Waals surface area contributed by atoms with Crippen LogP contribution in [0.3, 0.4) is 0 Å². The molecule has 0 saturated carbocycles. The molecule has 1 aliphatic rings. The Hall–Kier alpha value is -5.77. The summed E-state index contributed by atoms with van der Waals surface area (Å²) in [6, 6.07) is 28.6. The highest BCUT2D eigenvalue weighted by Gasteiger charge is 2.38. The number of pyridine rings is 1. The predicted molar refractivity (Wildman–Crippen MR) is 177 cm³/mol. The first kappa shape index (κ1) is 32.2. The lowest BCUT2D eigenvalue weighted by molar-refractivity contribution is -0.153. The molecule has 9 nitrogen and oxygen atoms in total. The van der Waals surface area contributed by atoms with Crippen molar-refractivity contribution in [3.05, 3.63) is 137 Å². The minimum atomic E-state index is -0.905. The second-order valence-corrected chi connectivity index (χ2v) is 12.3. The van der Waals surface area contributed by atoms with Gasteiger partial charge in [0.05, 0.1) is 12.1 Å². The van der Waals surface area contributed by atoms with Gasteiger partial charge in [0.1, 0.15) is 35.3 Å². The number of benzene rings is 4. The number of carbonyl (C=O) groups excluding carboxylic acids is 3. The van der Waals surface area contributed by atoms with Crippen LogP contribution in [0.15, 0.2) is 103 Å². The molecule has 0 radical (unpaired) electrons. The zero-order valence-electron chi connectivity index (χ0n) is 26.7. The molecule has 6 rings (SSSR count). The molecule has 1 aliphatic heterocycles. The minimum absolute atomic E-state index is 0.0722. The van der Waals surface area contributed by atoms with Crippen molar-refractivity contribution in [2.75, 3.05) is 6.54 Å². The second-order valence-electron chi connectivity index (χ2n) is 12.3. The van der Waals surface area contributed by atoms with Crippen molar-refractivity contribution in [1.29, 1.82) is 0 Å². The predicted octanol–water partition coefficient (Wildman–Crippen LogP) is 7.13. The van der Waals surface area contributed by atoms with Crippen LogP contribution in [-0.2, 0) is 22.6 Å². The highest BCUT2D eigenvalue weighted by Crippen LogP contribution is 2.46. The average molecular weight is 648 g/mol. The Kier molecular flexibility index (Phi) is 9.07. The maximum atomic E-state index is 14.3. The monoisotopic (exact) mass is 647 g/mol. The van der Waals surface area contributed by atoms with Crippen molar-refractivity contribution < 1.29 is 33.0 Å². The van der Waals surface area contributed by atoms with E-state index in [9.17, 15) is 18.8 Å². The van der Waals surface area contributed by atoms with E-state index in [2.05, 4.69) is 10.3 Å². The molecule has 1 aromatic heterocycles. The van der Waals surface area contributed by atoms with Gasteiger partial charge >= 0.3 is 12.1 Å². The number of ether oxygens (including phenoxy) is 3. The molecule has 1 N–H and O–H groups in total. The quantitative estimate of drug-likeness (QED) is 0.170. The lowest BCUT2D eigenvalue weighted by Gasteiger charge is -2.23. The van der Waals surface area contributed by atoms with Crippen molar-refractivity contribution >= 4 is 28.9 Å². The summed E-state index contributed by atoms with van der Waals surface area (Å²) in [5, 5.41) is 2.89. The fraction of sp³-hybridized carbons (Fsp3) is 0.211. The summed E-state index contributed by atoms with van der Waals surface area (Å²) in [5.41, 5.74) is 2.65. The van der Waals surface area contributed by atoms with Crippen LogP contribution in [0.4, 0.5) is 9.18 Å². The largest absolute Gasteiger partial charge is 0.478 e. The van der Waals surface area contributed by atoms with Gasteiger partial charge in [0.15, 0.2) is 5.75 Å². The molecule has 2 amide bonds. The van der Waals surface area contributed by atoms with Gasteiger partial charge < -0.3 is 24.4 Å². The lowest BCUT2D eigenvalue weighted by atomic mass is 9.99. The van der Waals surface area contributed by atoms with Gasteiger partial charge in [-0.1, -0.05) is 72.8 Å². The number of hydrogen-bond acceptors (Lipinski definition) is 7. The van der Waals surface area contributed by atoms with E-state index in [1.807, 2.05) is 60.7 Å². The smallest absolute Gasteiger partial charge is 0.413 e. The zero-order chi connectivity index (χ0) is 33.8. The molecule has 5 aromatic rings. The molecular formula is C38H34FN3O6. The number of carbonyl (C=O) groups is 3. The van der Waals surface area contributed by atoms with E-state index in [1.165, 1.54) is 12.1 Å². The highest BCUT2D eigenvalue weighted by molar-refractivity contribution is 6.09. The van der Waals surface area contributed by atoms with Gasteiger partial charge in [-0.25, -0.2) is 9.18 Å². The second kappa shape index (κ2) is 13.5. The van der Waals surface area contributed by atoms with Gasteiger partial charge in [0.2, 0.25) is 0 Å². The summed E-state index contributed by atoms with van der Waals surface area (Å²) in [4.78, 5) is 45.9. The summed E-state index contributed by atoms with van der Waals surface area (Å²) >= 11 is 0. The minimum Gasteiger partial charge on any atom is -0.478 e. The number of halogens is 1. The Labute approximate surface area is 277 Å². The van der Waals surface area contributed by atoms with Crippen LogP contribution >= 0.6 is 0 Å². The van der Waals surface area contributed by atoms with Crippen molar-refractivity contribution in [2.45, 2.75) is 45.6 Å². The fourth-order valence-corrected chi connectivity index (χ4v) is 5.62. The van der Waals surface area contributed by atoms with Crippen molar-refractivity contribution in [1.82, 2.24) is 15.2 Å². The first-order chi connectivity index (χ1) is 23.1. The van der Waals surface area contributed by atoms with E-state index in [0.29, 0.717) is 22.0 Å². The van der Waals surface area contributed by atoms with E-state index in [4.69, 9.17) is 14.2 Å². The molecule has 0 unspecified atom stereocenters. The van der Waals surface area contributed by atoms with Crippen LogP contribution in [0.5, 0.6) is 11.5 Å². The molecular weight excluding hydrogens is 613 g/mol. The third-order valence-electron chi connectivity index (χ3n) is 7.64. The van der Waals surface area contributed by atoms with Crippen LogP contribution in [0.25, 0.3) is 10.9 Å². The van der Waals surface area contributed by atoms with Gasteiger partial charge in [0, 0.05) is 23.7 Å². The maximum Gasteiger partial charge on any atom is 0.413 e. The van der Waals surface area contributed by atoms with Crippen LogP contribution in [0.2, 0.25) is 0 Å². The Bertz CT molecular complexity index is 1920. The Morgan fingerprint density at radius 3 is 2.17 bits per heavy atom. The third-order valence-corrected chi connectivity index (χ3v) is 7.64. The van der Waals surface area contributed by atoms with Crippen LogP contribution in [0.1, 0.15) is 59.5 Å². The summed E-state index contributed by atoms with van der Waals surface area (Å²) in [6.45, 7) is 5.00. The summed E-state index contributed by atoms with van der Waals surface area (Å²) in [7, 11) is 0. The first-order valence-corrected chi connectivity index (χ1v) is 15.5. The Morgan fingerprint density at radius 2 is 1.54 bits per heavy atom. The van der Waals surface area contributed by atoms with Crippen LogP contribution in [0, 0.1) is 5.82 Å². The van der Waals surface area contributed by atoms with Gasteiger partial charge in [-0.05, 0) is 61.7 Å². The van der Waals surface area contributed by atoms with Crippen LogP contribution < -0.4 is 14.8 Å². The average Bonchev–Trinajstić information content (AvgIpc) is 3.39. The highest BCUT2D eigenvalue weighted by atomic mass is 19.1. The molecule has 0 spiro atoms. The molecule has 10 heteroatoms. The number of fused-ring (bicyclic) bond motifs is 2. The third kappa shape index (κ3) is 7.12. The SMILES string of the molecule is CC(C)(C)OC(=O)CNC(=O)Oc1c2c(c(OC(c3ccccc3)c3ccccc3)c3ncccc13)C(=O)N(Cc1ccc(F)cc1)C2. The molecule has 244 valence electrons. The first-order valence-electron chi connectivity index (χ1n) is 15.5. The number of aromatic nitrogens is 1. The van der Waals surface area contributed by atoms with E-state index in [0.717, 1.165) is 11.1 Å². The molecule has 4 aromatic carbocycles. The van der Waals surface area contributed by atoms with Gasteiger partial charge in [-0.3, -0.25) is 14.6 Å². The van der Waals surface area contributed by atoms with E-state index in [1.54, 1.807) is 56.1 Å². The Balaban J connectivity index is 1.44. The number of nitrogens with one attached hydrogen (secondary N) is 1. The van der Waals surface area contributed by atoms with Crippen molar-refractivity contribution in [3.8, 4) is 11.5 Å². The molecule has 0 bridgehead atoms.